The van der Waals surface area contributed by atoms with Crippen molar-refractivity contribution in [1.82, 2.24) is 5.01 Å². The predicted octanol–water partition coefficient (Wildman–Crippen LogP) is 4.81. The van der Waals surface area contributed by atoms with Crippen LogP contribution in [0.15, 0.2) is 84.0 Å². The molecule has 1 saturated heterocycles. The molecule has 4 aliphatic carbocycles. The van der Waals surface area contributed by atoms with Crippen LogP contribution in [0.4, 0.5) is 0 Å². The average Bonchev–Trinajstić information content (AvgIpc) is 3.66. The molecule has 3 fully saturated rings. The fourth-order valence-electron chi connectivity index (χ4n) is 6.47. The van der Waals surface area contributed by atoms with Crippen molar-refractivity contribution in [3.8, 4) is 5.75 Å². The normalized spacial score (nSPS) is 30.8. The van der Waals surface area contributed by atoms with E-state index in [1.54, 1.807) is 6.21 Å². The molecule has 1 heterocycles. The maximum absolute atomic E-state index is 13.2. The largest absolute Gasteiger partial charge is 0.488 e. The molecule has 0 aromatic heterocycles. The first-order valence-electron chi connectivity index (χ1n) is 12.0. The van der Waals surface area contributed by atoms with Gasteiger partial charge in [0.05, 0.1) is 18.1 Å². The number of para-hydroxylation sites is 1. The second-order valence-corrected chi connectivity index (χ2v) is 9.85. The van der Waals surface area contributed by atoms with Gasteiger partial charge < -0.3 is 4.74 Å². The summed E-state index contributed by atoms with van der Waals surface area (Å²) in [5.74, 6) is 1.47. The summed E-state index contributed by atoms with van der Waals surface area (Å²) >= 11 is 0. The van der Waals surface area contributed by atoms with Crippen LogP contribution < -0.4 is 4.74 Å². The second-order valence-electron chi connectivity index (χ2n) is 9.85. The number of benzene rings is 3. The zero-order valence-electron chi connectivity index (χ0n) is 18.6. The quantitative estimate of drug-likeness (QED) is 0.320. The highest BCUT2D eigenvalue weighted by Gasteiger charge is 2.67. The molecule has 3 aromatic rings. The number of imide groups is 1. The first kappa shape index (κ1) is 19.7. The van der Waals surface area contributed by atoms with Gasteiger partial charge in [-0.25, -0.2) is 0 Å². The smallest absolute Gasteiger partial charge is 0.254 e. The molecule has 5 heteroatoms. The molecule has 5 nitrogen and oxygen atoms in total. The summed E-state index contributed by atoms with van der Waals surface area (Å²) < 4.78 is 6.17. The van der Waals surface area contributed by atoms with Crippen LogP contribution in [0.25, 0.3) is 10.8 Å². The Morgan fingerprint density at radius 1 is 0.853 bits per heavy atom. The van der Waals surface area contributed by atoms with Gasteiger partial charge in [0.25, 0.3) is 11.8 Å². The minimum absolute atomic E-state index is 0.148. The molecule has 8 rings (SSSR count). The number of fused-ring (bicyclic) bond motifs is 1. The SMILES string of the molecule is O=C1[C@@H]2[C@H]3C=C[C@@H]([C@@H]4C[C@H]34)[C@H]2C(=O)N1/N=C\c1ccccc1OCc1cccc2ccccc12. The molecule has 0 N–H and O–H groups in total. The molecular formula is C29H24N2O3. The Balaban J connectivity index is 1.12. The van der Waals surface area contributed by atoms with Crippen LogP contribution in [0, 0.1) is 35.5 Å². The van der Waals surface area contributed by atoms with Gasteiger partial charge in [-0.05, 0) is 58.6 Å². The van der Waals surface area contributed by atoms with Gasteiger partial charge in [0.1, 0.15) is 12.4 Å². The van der Waals surface area contributed by atoms with Crippen molar-refractivity contribution in [2.24, 2.45) is 40.6 Å². The van der Waals surface area contributed by atoms with Gasteiger partial charge in [0, 0.05) is 5.56 Å². The summed E-state index contributed by atoms with van der Waals surface area (Å²) in [6.45, 7) is 0.412. The van der Waals surface area contributed by atoms with Crippen LogP contribution in [0.1, 0.15) is 17.5 Å². The number of carbonyl (C=O) groups is 2. The standard InChI is InChI=1S/C29H24N2O3/c32-28-26-21-12-13-22(24-14-23(21)24)27(26)29(33)31(28)30-15-18-7-2-4-11-25(18)34-16-19-9-5-8-17-6-1-3-10-20(17)19/h1-13,15,21-24,26-27H,14,16H2/b30-15-/t21-,22-,23-,24+,26+,27+/m0/s1. The number of nitrogens with zero attached hydrogens (tertiary/aromatic N) is 2. The van der Waals surface area contributed by atoms with Crippen molar-refractivity contribution in [3.63, 3.8) is 0 Å². The third-order valence-corrected chi connectivity index (χ3v) is 8.13. The molecular weight excluding hydrogens is 424 g/mol. The zero-order valence-corrected chi connectivity index (χ0v) is 18.6. The third-order valence-electron chi connectivity index (χ3n) is 8.13. The summed E-state index contributed by atoms with van der Waals surface area (Å²) in [4.78, 5) is 26.3. The maximum atomic E-state index is 13.2. The Bertz CT molecular complexity index is 1350. The van der Waals surface area contributed by atoms with Crippen LogP contribution in [0.2, 0.25) is 0 Å². The van der Waals surface area contributed by atoms with Crippen LogP contribution in [-0.4, -0.2) is 23.0 Å². The molecule has 2 bridgehead atoms. The topological polar surface area (TPSA) is 59.0 Å². The Morgan fingerprint density at radius 2 is 1.53 bits per heavy atom. The van der Waals surface area contributed by atoms with Crippen LogP contribution in [-0.2, 0) is 16.2 Å². The number of amides is 2. The van der Waals surface area contributed by atoms with E-state index >= 15 is 0 Å². The van der Waals surface area contributed by atoms with Crippen molar-refractivity contribution < 1.29 is 14.3 Å². The number of carbonyl (C=O) groups excluding carboxylic acids is 2. The summed E-state index contributed by atoms with van der Waals surface area (Å²) in [5, 5.41) is 7.84. The van der Waals surface area contributed by atoms with Gasteiger partial charge in [0.15, 0.2) is 0 Å². The molecule has 2 saturated carbocycles. The summed E-state index contributed by atoms with van der Waals surface area (Å²) in [5.41, 5.74) is 1.84. The summed E-state index contributed by atoms with van der Waals surface area (Å²) in [6, 6.07) is 22.0. The lowest BCUT2D eigenvalue weighted by Crippen LogP contribution is -2.40. The minimum atomic E-state index is -0.235. The van der Waals surface area contributed by atoms with Crippen LogP contribution in [0.5, 0.6) is 5.75 Å². The van der Waals surface area contributed by atoms with Gasteiger partial charge in [0.2, 0.25) is 0 Å². The minimum Gasteiger partial charge on any atom is -0.488 e. The number of ether oxygens (including phenoxy) is 1. The van der Waals surface area contributed by atoms with Gasteiger partial charge in [-0.2, -0.15) is 10.1 Å². The molecule has 34 heavy (non-hydrogen) atoms. The lowest BCUT2D eigenvalue weighted by atomic mass is 9.63. The second kappa shape index (κ2) is 7.39. The fourth-order valence-corrected chi connectivity index (χ4v) is 6.47. The van der Waals surface area contributed by atoms with Gasteiger partial charge in [-0.3, -0.25) is 9.59 Å². The van der Waals surface area contributed by atoms with E-state index in [4.69, 9.17) is 4.74 Å². The van der Waals surface area contributed by atoms with Crippen LogP contribution >= 0.6 is 0 Å². The predicted molar refractivity (Wildman–Crippen MR) is 129 cm³/mol. The number of hydrogen-bond acceptors (Lipinski definition) is 4. The van der Waals surface area contributed by atoms with Crippen molar-refractivity contribution in [2.75, 3.05) is 0 Å². The van der Waals surface area contributed by atoms with Crippen molar-refractivity contribution >= 4 is 28.8 Å². The monoisotopic (exact) mass is 448 g/mol. The van der Waals surface area contributed by atoms with E-state index in [1.165, 1.54) is 5.39 Å². The Hall–Kier alpha value is -3.73. The van der Waals surface area contributed by atoms with Crippen molar-refractivity contribution in [1.29, 1.82) is 0 Å². The summed E-state index contributed by atoms with van der Waals surface area (Å²) in [6.07, 6.45) is 7.09. The van der Waals surface area contributed by atoms with E-state index in [0.717, 1.165) is 27.9 Å². The molecule has 1 aliphatic heterocycles. The van der Waals surface area contributed by atoms with Gasteiger partial charge in [-0.15, -0.1) is 0 Å². The zero-order chi connectivity index (χ0) is 22.8. The molecule has 0 spiro atoms. The highest BCUT2D eigenvalue weighted by Crippen LogP contribution is 2.65. The Morgan fingerprint density at radius 3 is 2.32 bits per heavy atom. The van der Waals surface area contributed by atoms with Crippen LogP contribution in [0.3, 0.4) is 0 Å². The molecule has 0 radical (unpaired) electrons. The number of hydrogen-bond donors (Lipinski definition) is 0. The maximum Gasteiger partial charge on any atom is 0.254 e. The third kappa shape index (κ3) is 2.89. The lowest BCUT2D eigenvalue weighted by Gasteiger charge is -2.37. The first-order chi connectivity index (χ1) is 16.7. The molecule has 5 aliphatic rings. The van der Waals surface area contributed by atoms with E-state index in [9.17, 15) is 9.59 Å². The molecule has 3 aromatic carbocycles. The number of rotatable bonds is 5. The van der Waals surface area contributed by atoms with E-state index in [2.05, 4.69) is 41.5 Å². The van der Waals surface area contributed by atoms with Gasteiger partial charge in [-0.1, -0.05) is 66.7 Å². The number of hydrazone groups is 1. The Labute approximate surface area is 197 Å². The fraction of sp³-hybridized carbons (Fsp3) is 0.276. The molecule has 168 valence electrons. The highest BCUT2D eigenvalue weighted by molar-refractivity contribution is 6.06. The molecule has 0 unspecified atom stereocenters. The average molecular weight is 449 g/mol. The van der Waals surface area contributed by atoms with E-state index < -0.39 is 0 Å². The molecule has 2 amide bonds. The number of allylic oxidation sites excluding steroid dienone is 2. The summed E-state index contributed by atoms with van der Waals surface area (Å²) in [7, 11) is 0. The van der Waals surface area contributed by atoms with Crippen molar-refractivity contribution in [2.45, 2.75) is 13.0 Å². The first-order valence-corrected chi connectivity index (χ1v) is 12.0. The van der Waals surface area contributed by atoms with E-state index in [-0.39, 0.29) is 35.5 Å². The Kier molecular flexibility index (Phi) is 4.28. The molecule has 6 atom stereocenters. The highest BCUT2D eigenvalue weighted by atomic mass is 16.5. The lowest BCUT2D eigenvalue weighted by molar-refractivity contribution is -0.140. The van der Waals surface area contributed by atoms with Gasteiger partial charge >= 0.3 is 0 Å². The van der Waals surface area contributed by atoms with E-state index in [0.29, 0.717) is 24.2 Å². The van der Waals surface area contributed by atoms with Crippen molar-refractivity contribution in [3.05, 3.63) is 90.0 Å². The van der Waals surface area contributed by atoms with E-state index in [1.807, 2.05) is 42.5 Å².